The first kappa shape index (κ1) is 16.6. The van der Waals surface area contributed by atoms with Crippen LogP contribution >= 0.6 is 0 Å². The van der Waals surface area contributed by atoms with E-state index >= 15 is 0 Å². The van der Waals surface area contributed by atoms with Crippen molar-refractivity contribution >= 4 is 29.2 Å². The molecule has 0 spiro atoms. The van der Waals surface area contributed by atoms with Gasteiger partial charge >= 0.3 is 5.97 Å². The third-order valence-corrected chi connectivity index (χ3v) is 5.21. The molecule has 1 aromatic heterocycles. The molecule has 2 aliphatic rings. The average molecular weight is 351 g/mol. The summed E-state index contributed by atoms with van der Waals surface area (Å²) in [6.07, 6.45) is 3.86. The summed E-state index contributed by atoms with van der Waals surface area (Å²) in [5.74, 6) is -0.738. The van der Waals surface area contributed by atoms with E-state index in [1.165, 1.54) is 5.56 Å². The normalized spacial score (nSPS) is 18.8. The number of amides is 1. The zero-order valence-electron chi connectivity index (χ0n) is 14.6. The summed E-state index contributed by atoms with van der Waals surface area (Å²) >= 11 is 0. The topological polar surface area (TPSA) is 94.2 Å². The monoisotopic (exact) mass is 351 g/mol. The number of aromatic carboxylic acids is 1. The number of anilines is 1. The summed E-state index contributed by atoms with van der Waals surface area (Å²) < 4.78 is 0. The number of fused-ring (bicyclic) bond motifs is 1. The van der Waals surface area contributed by atoms with Crippen molar-refractivity contribution in [1.82, 2.24) is 10.3 Å². The summed E-state index contributed by atoms with van der Waals surface area (Å²) in [4.78, 5) is 26.7. The molecule has 0 radical (unpaired) electrons. The number of nitrogens with one attached hydrogen (secondary N) is 3. The van der Waals surface area contributed by atoms with Crippen molar-refractivity contribution in [3.8, 4) is 0 Å². The van der Waals surface area contributed by atoms with Gasteiger partial charge in [-0.25, -0.2) is 4.79 Å². The van der Waals surface area contributed by atoms with E-state index in [2.05, 4.69) is 21.7 Å². The van der Waals surface area contributed by atoms with Gasteiger partial charge in [-0.05, 0) is 68.1 Å². The van der Waals surface area contributed by atoms with Crippen molar-refractivity contribution < 1.29 is 14.7 Å². The van der Waals surface area contributed by atoms with Crippen LogP contribution in [0.5, 0.6) is 0 Å². The molecular formula is C20H21N3O3. The molecule has 1 amide bonds. The lowest BCUT2D eigenvalue weighted by Crippen LogP contribution is -2.27. The van der Waals surface area contributed by atoms with E-state index in [4.69, 9.17) is 0 Å². The van der Waals surface area contributed by atoms with Gasteiger partial charge in [-0.3, -0.25) is 4.79 Å². The smallest absolute Gasteiger partial charge is 0.352 e. The number of benzene rings is 1. The number of carboxylic acids is 1. The van der Waals surface area contributed by atoms with Crippen LogP contribution in [-0.4, -0.2) is 35.1 Å². The van der Waals surface area contributed by atoms with Crippen LogP contribution in [0, 0.1) is 6.92 Å². The molecule has 1 fully saturated rings. The van der Waals surface area contributed by atoms with E-state index in [9.17, 15) is 14.7 Å². The highest BCUT2D eigenvalue weighted by Gasteiger charge is 2.30. The van der Waals surface area contributed by atoms with Gasteiger partial charge in [0, 0.05) is 16.9 Å². The maximum atomic E-state index is 12.6. The Morgan fingerprint density at radius 2 is 2.04 bits per heavy atom. The maximum Gasteiger partial charge on any atom is 0.352 e. The van der Waals surface area contributed by atoms with Crippen molar-refractivity contribution in [2.24, 2.45) is 0 Å². The van der Waals surface area contributed by atoms with Gasteiger partial charge in [-0.1, -0.05) is 12.1 Å². The predicted octanol–water partition coefficient (Wildman–Crippen LogP) is 2.98. The highest BCUT2D eigenvalue weighted by Crippen LogP contribution is 2.41. The SMILES string of the molecule is Cc1cc(C(=O)O)[nH]c1/C=C1\C(=O)Nc2cccc(C3CCNCC3)c21. The van der Waals surface area contributed by atoms with Gasteiger partial charge in [0.1, 0.15) is 5.69 Å². The number of aromatic nitrogens is 1. The lowest BCUT2D eigenvalue weighted by Gasteiger charge is -2.25. The van der Waals surface area contributed by atoms with Crippen molar-refractivity contribution in [2.75, 3.05) is 18.4 Å². The maximum absolute atomic E-state index is 12.6. The fourth-order valence-electron chi connectivity index (χ4n) is 3.87. The van der Waals surface area contributed by atoms with Crippen LogP contribution in [0.15, 0.2) is 24.3 Å². The number of rotatable bonds is 3. The first-order valence-electron chi connectivity index (χ1n) is 8.84. The molecule has 4 rings (SSSR count). The quantitative estimate of drug-likeness (QED) is 0.640. The van der Waals surface area contributed by atoms with Crippen LogP contribution in [0.25, 0.3) is 11.6 Å². The molecule has 1 aromatic carbocycles. The minimum atomic E-state index is -1.01. The first-order valence-corrected chi connectivity index (χ1v) is 8.84. The number of hydrogen-bond acceptors (Lipinski definition) is 3. The highest BCUT2D eigenvalue weighted by atomic mass is 16.4. The third kappa shape index (κ3) is 2.82. The summed E-state index contributed by atoms with van der Waals surface area (Å²) in [7, 11) is 0. The summed E-state index contributed by atoms with van der Waals surface area (Å²) in [5.41, 5.74) is 5.15. The van der Waals surface area contributed by atoms with Gasteiger partial charge in [0.05, 0.1) is 5.57 Å². The van der Waals surface area contributed by atoms with E-state index in [-0.39, 0.29) is 11.6 Å². The zero-order chi connectivity index (χ0) is 18.3. The Labute approximate surface area is 151 Å². The van der Waals surface area contributed by atoms with Crippen LogP contribution in [0.4, 0.5) is 5.69 Å². The molecule has 2 aliphatic heterocycles. The predicted molar refractivity (Wildman–Crippen MR) is 100 cm³/mol. The van der Waals surface area contributed by atoms with Crippen molar-refractivity contribution in [1.29, 1.82) is 0 Å². The van der Waals surface area contributed by atoms with E-state index in [0.29, 0.717) is 17.2 Å². The Morgan fingerprint density at radius 3 is 2.73 bits per heavy atom. The van der Waals surface area contributed by atoms with Crippen LogP contribution in [0.2, 0.25) is 0 Å². The fourth-order valence-corrected chi connectivity index (χ4v) is 3.87. The van der Waals surface area contributed by atoms with Crippen LogP contribution in [-0.2, 0) is 4.79 Å². The second-order valence-electron chi connectivity index (χ2n) is 6.89. The summed E-state index contributed by atoms with van der Waals surface area (Å²) in [6, 6.07) is 7.60. The van der Waals surface area contributed by atoms with Crippen molar-refractivity contribution in [3.05, 3.63) is 52.3 Å². The molecular weight excluding hydrogens is 330 g/mol. The summed E-state index contributed by atoms with van der Waals surface area (Å²) in [6.45, 7) is 3.79. The van der Waals surface area contributed by atoms with Gasteiger partial charge < -0.3 is 20.7 Å². The molecule has 0 bridgehead atoms. The second-order valence-corrected chi connectivity index (χ2v) is 6.89. The van der Waals surface area contributed by atoms with Crippen molar-refractivity contribution in [2.45, 2.75) is 25.7 Å². The lowest BCUT2D eigenvalue weighted by molar-refractivity contribution is -0.110. The number of aromatic amines is 1. The largest absolute Gasteiger partial charge is 0.477 e. The molecule has 1 saturated heterocycles. The number of piperidine rings is 1. The van der Waals surface area contributed by atoms with Gasteiger partial charge in [0.25, 0.3) is 5.91 Å². The van der Waals surface area contributed by atoms with E-state index < -0.39 is 5.97 Å². The Hall–Kier alpha value is -2.86. The molecule has 26 heavy (non-hydrogen) atoms. The molecule has 2 aromatic rings. The van der Waals surface area contributed by atoms with Gasteiger partial charge in [-0.2, -0.15) is 0 Å². The molecule has 6 heteroatoms. The number of carbonyl (C=O) groups excluding carboxylic acids is 1. The molecule has 0 saturated carbocycles. The minimum absolute atomic E-state index is 0.125. The van der Waals surface area contributed by atoms with Crippen LogP contribution < -0.4 is 10.6 Å². The van der Waals surface area contributed by atoms with Gasteiger partial charge in [0.15, 0.2) is 0 Å². The Kier molecular flexibility index (Phi) is 4.12. The first-order chi connectivity index (χ1) is 12.5. The van der Waals surface area contributed by atoms with E-state index in [0.717, 1.165) is 42.7 Å². The van der Waals surface area contributed by atoms with Crippen molar-refractivity contribution in [3.63, 3.8) is 0 Å². The average Bonchev–Trinajstić information content (AvgIpc) is 3.16. The fraction of sp³-hybridized carbons (Fsp3) is 0.300. The standard InChI is InChI=1S/C20H21N3O3/c1-11-9-17(20(25)26)22-16(11)10-14-18-13(12-5-7-21-8-6-12)3-2-4-15(18)23-19(14)24/h2-4,9-10,12,21-22H,5-8H2,1H3,(H,23,24)(H,25,26)/b14-10-. The van der Waals surface area contributed by atoms with Crippen LogP contribution in [0.1, 0.15) is 51.6 Å². The lowest BCUT2D eigenvalue weighted by atomic mass is 9.85. The van der Waals surface area contributed by atoms with Gasteiger partial charge in [0.2, 0.25) is 0 Å². The Balaban J connectivity index is 1.80. The van der Waals surface area contributed by atoms with E-state index in [1.54, 1.807) is 12.1 Å². The minimum Gasteiger partial charge on any atom is -0.477 e. The summed E-state index contributed by atoms with van der Waals surface area (Å²) in [5, 5.41) is 15.5. The molecule has 3 heterocycles. The number of carboxylic acid groups (broad SMARTS) is 1. The Morgan fingerprint density at radius 1 is 1.27 bits per heavy atom. The molecule has 0 aliphatic carbocycles. The van der Waals surface area contributed by atoms with E-state index in [1.807, 2.05) is 19.1 Å². The number of H-pyrrole nitrogens is 1. The molecule has 6 nitrogen and oxygen atoms in total. The highest BCUT2D eigenvalue weighted by molar-refractivity contribution is 6.35. The number of hydrogen-bond donors (Lipinski definition) is 4. The van der Waals surface area contributed by atoms with Crippen LogP contribution in [0.3, 0.4) is 0 Å². The zero-order valence-corrected chi connectivity index (χ0v) is 14.6. The number of carbonyl (C=O) groups is 2. The number of aryl methyl sites for hydroxylation is 1. The second kappa shape index (κ2) is 6.46. The molecule has 134 valence electrons. The molecule has 0 unspecified atom stereocenters. The Bertz CT molecular complexity index is 920. The third-order valence-electron chi connectivity index (χ3n) is 5.21. The van der Waals surface area contributed by atoms with Gasteiger partial charge in [-0.15, -0.1) is 0 Å². The molecule has 0 atom stereocenters. The molecule has 4 N–H and O–H groups in total.